The van der Waals surface area contributed by atoms with Crippen molar-refractivity contribution in [1.82, 2.24) is 0 Å². The Morgan fingerprint density at radius 2 is 2.00 bits per heavy atom. The monoisotopic (exact) mass is 241 g/mol. The van der Waals surface area contributed by atoms with Crippen molar-refractivity contribution in [1.29, 1.82) is 0 Å². The summed E-state index contributed by atoms with van der Waals surface area (Å²) < 4.78 is 0. The van der Waals surface area contributed by atoms with Crippen molar-refractivity contribution in [2.45, 2.75) is 24.6 Å². The number of nitro benzene ring substituents is 1. The lowest BCUT2D eigenvalue weighted by atomic mass is 10.1. The van der Waals surface area contributed by atoms with Crippen LogP contribution >= 0.6 is 11.6 Å². The number of rotatable bonds is 6. The zero-order chi connectivity index (χ0) is 12.0. The van der Waals surface area contributed by atoms with Crippen molar-refractivity contribution < 1.29 is 9.72 Å². The number of nitrogens with zero attached hydrogens (tertiary/aromatic N) is 1. The van der Waals surface area contributed by atoms with Crippen LogP contribution in [-0.4, -0.2) is 11.2 Å². The van der Waals surface area contributed by atoms with Crippen LogP contribution in [0.5, 0.6) is 0 Å². The number of halogens is 1. The fourth-order valence-corrected chi connectivity index (χ4v) is 1.65. The first-order valence-corrected chi connectivity index (χ1v) is 5.41. The second kappa shape index (κ2) is 6.23. The third-order valence-corrected chi connectivity index (χ3v) is 2.72. The first-order valence-electron chi connectivity index (χ1n) is 4.97. The first kappa shape index (κ1) is 12.6. The van der Waals surface area contributed by atoms with Crippen LogP contribution in [-0.2, 0) is 4.79 Å². The van der Waals surface area contributed by atoms with Gasteiger partial charge in [0.25, 0.3) is 5.69 Å². The molecule has 1 unspecified atom stereocenters. The number of non-ortho nitro benzene ring substituents is 1. The Morgan fingerprint density at radius 3 is 2.50 bits per heavy atom. The van der Waals surface area contributed by atoms with Crippen LogP contribution < -0.4 is 0 Å². The second-order valence-corrected chi connectivity index (χ2v) is 3.94. The van der Waals surface area contributed by atoms with Gasteiger partial charge in [-0.2, -0.15) is 0 Å². The maximum atomic E-state index is 10.4. The summed E-state index contributed by atoms with van der Waals surface area (Å²) in [6.45, 7) is 0. The molecule has 0 heterocycles. The van der Waals surface area contributed by atoms with Crippen LogP contribution in [0.4, 0.5) is 5.69 Å². The highest BCUT2D eigenvalue weighted by atomic mass is 35.5. The number of carbonyl (C=O) groups excluding carboxylic acids is 1. The number of carbonyl (C=O) groups is 1. The minimum absolute atomic E-state index is 0.0560. The topological polar surface area (TPSA) is 60.2 Å². The number of aldehydes is 1. The average Bonchev–Trinajstić information content (AvgIpc) is 2.29. The van der Waals surface area contributed by atoms with Gasteiger partial charge in [0.05, 0.1) is 10.3 Å². The molecule has 0 N–H and O–H groups in total. The standard InChI is InChI=1S/C11H12ClNO3/c12-11(3-1-2-8-14)9-4-6-10(7-5-9)13(15)16/h4-8,11H,1-3H2. The molecule has 0 saturated heterocycles. The van der Waals surface area contributed by atoms with Crippen LogP contribution in [0, 0.1) is 10.1 Å². The third-order valence-electron chi connectivity index (χ3n) is 2.25. The van der Waals surface area contributed by atoms with Gasteiger partial charge in [0.2, 0.25) is 0 Å². The summed E-state index contributed by atoms with van der Waals surface area (Å²) in [5, 5.41) is 10.2. The summed E-state index contributed by atoms with van der Waals surface area (Å²) in [5.41, 5.74) is 0.902. The lowest BCUT2D eigenvalue weighted by Gasteiger charge is -2.07. The highest BCUT2D eigenvalue weighted by molar-refractivity contribution is 6.20. The van der Waals surface area contributed by atoms with Crippen molar-refractivity contribution in [3.8, 4) is 0 Å². The molecule has 1 rings (SSSR count). The Kier molecular flexibility index (Phi) is 4.92. The normalized spacial score (nSPS) is 12.1. The van der Waals surface area contributed by atoms with Crippen LogP contribution in [0.25, 0.3) is 0 Å². The molecule has 16 heavy (non-hydrogen) atoms. The molecule has 0 aliphatic rings. The molecule has 1 aromatic carbocycles. The van der Waals surface area contributed by atoms with Crippen molar-refractivity contribution in [2.75, 3.05) is 0 Å². The van der Waals surface area contributed by atoms with E-state index in [2.05, 4.69) is 0 Å². The molecule has 0 fully saturated rings. The molecule has 5 heteroatoms. The largest absolute Gasteiger partial charge is 0.303 e. The Bertz CT molecular complexity index is 364. The molecule has 0 bridgehead atoms. The van der Waals surface area contributed by atoms with Crippen LogP contribution in [0.1, 0.15) is 30.2 Å². The summed E-state index contributed by atoms with van der Waals surface area (Å²) in [6.07, 6.45) is 2.78. The number of hydrogen-bond donors (Lipinski definition) is 0. The van der Waals surface area contributed by atoms with Crippen molar-refractivity contribution >= 4 is 23.6 Å². The molecule has 0 radical (unpaired) electrons. The minimum atomic E-state index is -0.445. The lowest BCUT2D eigenvalue weighted by Crippen LogP contribution is -1.93. The Balaban J connectivity index is 2.59. The van der Waals surface area contributed by atoms with Gasteiger partial charge >= 0.3 is 0 Å². The number of nitro groups is 1. The molecule has 1 aromatic rings. The fraction of sp³-hybridized carbons (Fsp3) is 0.364. The predicted octanol–water partition coefficient (Wildman–Crippen LogP) is 3.24. The maximum absolute atomic E-state index is 10.4. The Hall–Kier alpha value is -1.42. The van der Waals surface area contributed by atoms with Gasteiger partial charge in [-0.25, -0.2) is 0 Å². The zero-order valence-corrected chi connectivity index (χ0v) is 9.39. The molecule has 4 nitrogen and oxygen atoms in total. The van der Waals surface area contributed by atoms with Crippen LogP contribution in [0.3, 0.4) is 0 Å². The molecule has 0 spiro atoms. The van der Waals surface area contributed by atoms with E-state index in [4.69, 9.17) is 11.6 Å². The molecule has 0 aliphatic heterocycles. The quantitative estimate of drug-likeness (QED) is 0.253. The SMILES string of the molecule is O=CCCCC(Cl)c1ccc([N+](=O)[O-])cc1. The van der Waals surface area contributed by atoms with E-state index in [1.54, 1.807) is 12.1 Å². The van der Waals surface area contributed by atoms with E-state index in [0.29, 0.717) is 12.8 Å². The fourth-order valence-electron chi connectivity index (χ4n) is 1.35. The molecular weight excluding hydrogens is 230 g/mol. The van der Waals surface area contributed by atoms with E-state index in [1.807, 2.05) is 0 Å². The van der Waals surface area contributed by atoms with Crippen molar-refractivity contribution in [2.24, 2.45) is 0 Å². The molecule has 0 aromatic heterocycles. The Morgan fingerprint density at radius 1 is 1.38 bits per heavy atom. The number of alkyl halides is 1. The summed E-state index contributed by atoms with van der Waals surface area (Å²) in [5.74, 6) is 0. The van der Waals surface area contributed by atoms with Gasteiger partial charge in [-0.1, -0.05) is 12.1 Å². The van der Waals surface area contributed by atoms with E-state index in [1.165, 1.54) is 12.1 Å². The highest BCUT2D eigenvalue weighted by Gasteiger charge is 2.10. The molecule has 1 atom stereocenters. The third kappa shape index (κ3) is 3.62. The molecular formula is C11H12ClNO3. The maximum Gasteiger partial charge on any atom is 0.269 e. The van der Waals surface area contributed by atoms with E-state index in [0.717, 1.165) is 18.3 Å². The first-order chi connectivity index (χ1) is 7.65. The van der Waals surface area contributed by atoms with Crippen LogP contribution in [0.15, 0.2) is 24.3 Å². The number of benzene rings is 1. The van der Waals surface area contributed by atoms with Crippen LogP contribution in [0.2, 0.25) is 0 Å². The average molecular weight is 242 g/mol. The zero-order valence-electron chi connectivity index (χ0n) is 8.64. The van der Waals surface area contributed by atoms with Gasteiger partial charge < -0.3 is 4.79 Å². The van der Waals surface area contributed by atoms with Crippen molar-refractivity contribution in [3.05, 3.63) is 39.9 Å². The smallest absolute Gasteiger partial charge is 0.269 e. The van der Waals surface area contributed by atoms with Gasteiger partial charge in [-0.05, 0) is 18.4 Å². The Labute approximate surface area is 98.4 Å². The molecule has 86 valence electrons. The summed E-state index contributed by atoms with van der Waals surface area (Å²) in [7, 11) is 0. The van der Waals surface area contributed by atoms with Crippen molar-refractivity contribution in [3.63, 3.8) is 0 Å². The summed E-state index contributed by atoms with van der Waals surface area (Å²) in [4.78, 5) is 20.1. The summed E-state index contributed by atoms with van der Waals surface area (Å²) >= 11 is 6.09. The summed E-state index contributed by atoms with van der Waals surface area (Å²) in [6, 6.07) is 6.17. The van der Waals surface area contributed by atoms with Gasteiger partial charge in [0, 0.05) is 18.6 Å². The van der Waals surface area contributed by atoms with Gasteiger partial charge in [-0.15, -0.1) is 11.6 Å². The predicted molar refractivity (Wildman–Crippen MR) is 61.6 cm³/mol. The number of unbranched alkanes of at least 4 members (excludes halogenated alkanes) is 1. The molecule has 0 aliphatic carbocycles. The number of hydrogen-bond acceptors (Lipinski definition) is 3. The van der Waals surface area contributed by atoms with Gasteiger partial charge in [0.1, 0.15) is 6.29 Å². The van der Waals surface area contributed by atoms with E-state index < -0.39 is 4.92 Å². The van der Waals surface area contributed by atoms with E-state index in [-0.39, 0.29) is 11.1 Å². The minimum Gasteiger partial charge on any atom is -0.303 e. The van der Waals surface area contributed by atoms with Gasteiger partial charge in [-0.3, -0.25) is 10.1 Å². The van der Waals surface area contributed by atoms with Gasteiger partial charge in [0.15, 0.2) is 0 Å². The van der Waals surface area contributed by atoms with E-state index in [9.17, 15) is 14.9 Å². The highest BCUT2D eigenvalue weighted by Crippen LogP contribution is 2.27. The second-order valence-electron chi connectivity index (χ2n) is 3.41. The van der Waals surface area contributed by atoms with E-state index >= 15 is 0 Å². The lowest BCUT2D eigenvalue weighted by molar-refractivity contribution is -0.384. The molecule has 0 amide bonds. The molecule has 0 saturated carbocycles.